The Morgan fingerprint density at radius 1 is 0.308 bits per heavy atom. The van der Waals surface area contributed by atoms with Crippen molar-refractivity contribution in [2.45, 2.75) is 0 Å². The fourth-order valence-electron chi connectivity index (χ4n) is 7.59. The zero-order chi connectivity index (χ0) is 34.2. The van der Waals surface area contributed by atoms with E-state index in [0.717, 1.165) is 77.1 Å². The minimum Gasteiger partial charge on any atom is -0.456 e. The maximum absolute atomic E-state index is 6.23. The van der Waals surface area contributed by atoms with E-state index in [2.05, 4.69) is 121 Å². The normalized spacial score (nSPS) is 11.8. The Bertz CT molecular complexity index is 3190. The predicted molar refractivity (Wildman–Crippen MR) is 211 cm³/mol. The Kier molecular flexibility index (Phi) is 6.18. The molecule has 242 valence electrons. The fourth-order valence-corrected chi connectivity index (χ4v) is 7.59. The van der Waals surface area contributed by atoms with E-state index in [1.54, 1.807) is 0 Å². The molecule has 0 aliphatic rings. The van der Waals surface area contributed by atoms with E-state index in [1.165, 1.54) is 16.2 Å². The number of rotatable bonds is 4. The summed E-state index contributed by atoms with van der Waals surface area (Å²) in [6, 6.07) is 56.4. The molecule has 0 aliphatic heterocycles. The second kappa shape index (κ2) is 11.2. The van der Waals surface area contributed by atoms with Crippen LogP contribution in [0.4, 0.5) is 0 Å². The lowest BCUT2D eigenvalue weighted by atomic mass is 9.98. The lowest BCUT2D eigenvalue weighted by Crippen LogP contribution is -2.00. The van der Waals surface area contributed by atoms with Crippen LogP contribution < -0.4 is 0 Å². The summed E-state index contributed by atoms with van der Waals surface area (Å²) in [5, 5.41) is 8.97. The van der Waals surface area contributed by atoms with Crippen LogP contribution in [-0.2, 0) is 0 Å². The van der Waals surface area contributed by atoms with Crippen LogP contribution in [0.3, 0.4) is 0 Å². The van der Waals surface area contributed by atoms with Gasteiger partial charge in [0.25, 0.3) is 0 Å². The molecule has 52 heavy (non-hydrogen) atoms. The summed E-state index contributed by atoms with van der Waals surface area (Å²) in [7, 11) is 0. The summed E-state index contributed by atoms with van der Waals surface area (Å²) >= 11 is 0. The van der Waals surface area contributed by atoms with Gasteiger partial charge in [0.05, 0.1) is 0 Å². The van der Waals surface area contributed by atoms with E-state index < -0.39 is 0 Å². The molecule has 11 rings (SSSR count). The van der Waals surface area contributed by atoms with Crippen LogP contribution in [0.5, 0.6) is 0 Å². The Balaban J connectivity index is 1.04. The van der Waals surface area contributed by atoms with Crippen molar-refractivity contribution in [3.63, 3.8) is 0 Å². The van der Waals surface area contributed by atoms with Gasteiger partial charge < -0.3 is 8.83 Å². The van der Waals surface area contributed by atoms with Crippen molar-refractivity contribution in [3.8, 4) is 45.3 Å². The van der Waals surface area contributed by atoms with E-state index in [-0.39, 0.29) is 0 Å². The van der Waals surface area contributed by atoms with Gasteiger partial charge in [-0.15, -0.1) is 0 Å². The number of para-hydroxylation sites is 2. The quantitative estimate of drug-likeness (QED) is 0.187. The summed E-state index contributed by atoms with van der Waals surface area (Å²) < 4.78 is 12.4. The van der Waals surface area contributed by atoms with Gasteiger partial charge in [0, 0.05) is 38.2 Å². The van der Waals surface area contributed by atoms with Crippen molar-refractivity contribution in [2.75, 3.05) is 0 Å². The van der Waals surface area contributed by atoms with Gasteiger partial charge in [-0.2, -0.15) is 0 Å². The first-order valence-corrected chi connectivity index (χ1v) is 17.3. The van der Waals surface area contributed by atoms with Crippen molar-refractivity contribution < 1.29 is 8.83 Å². The van der Waals surface area contributed by atoms with Crippen molar-refractivity contribution in [3.05, 3.63) is 164 Å². The van der Waals surface area contributed by atoms with Crippen molar-refractivity contribution >= 4 is 65.4 Å². The number of hydrogen-bond acceptors (Lipinski definition) is 5. The molecule has 0 atom stereocenters. The zero-order valence-corrected chi connectivity index (χ0v) is 27.7. The number of aromatic nitrogens is 3. The Morgan fingerprint density at radius 2 is 0.865 bits per heavy atom. The molecule has 0 amide bonds. The SMILES string of the molecule is c1ccc2cc(-c3nc(-c4ccc(-c5ccc6c(ccc7oc8ccccc8c76)c5)cc4)nc(-c4cccc5oc6ccccc6c45)n3)ccc2c1. The minimum atomic E-state index is 0.599. The average Bonchev–Trinajstić information content (AvgIpc) is 3.79. The lowest BCUT2D eigenvalue weighted by molar-refractivity contribution is 0.668. The van der Waals surface area contributed by atoms with Crippen molar-refractivity contribution in [1.29, 1.82) is 0 Å². The van der Waals surface area contributed by atoms with E-state index >= 15 is 0 Å². The maximum atomic E-state index is 6.23. The predicted octanol–water partition coefficient (Wildman–Crippen LogP) is 12.6. The lowest BCUT2D eigenvalue weighted by Gasteiger charge is -2.11. The third-order valence-corrected chi connectivity index (χ3v) is 10.1. The number of fused-ring (bicyclic) bond motifs is 9. The van der Waals surface area contributed by atoms with Crippen LogP contribution in [-0.4, -0.2) is 15.0 Å². The number of furan rings is 2. The molecule has 0 N–H and O–H groups in total. The summed E-state index contributed by atoms with van der Waals surface area (Å²) in [6.45, 7) is 0. The highest BCUT2D eigenvalue weighted by atomic mass is 16.3. The first kappa shape index (κ1) is 28.7. The molecule has 3 aromatic heterocycles. The minimum absolute atomic E-state index is 0.599. The molecule has 0 bridgehead atoms. The van der Waals surface area contributed by atoms with Gasteiger partial charge in [0.1, 0.15) is 22.3 Å². The first-order chi connectivity index (χ1) is 25.7. The molecule has 0 fully saturated rings. The summed E-state index contributed by atoms with van der Waals surface area (Å²) in [6.07, 6.45) is 0. The number of nitrogens with zero attached hydrogens (tertiary/aromatic N) is 3. The fraction of sp³-hybridized carbons (Fsp3) is 0. The highest BCUT2D eigenvalue weighted by Crippen LogP contribution is 2.38. The highest BCUT2D eigenvalue weighted by Gasteiger charge is 2.18. The summed E-state index contributed by atoms with van der Waals surface area (Å²) in [4.78, 5) is 15.3. The highest BCUT2D eigenvalue weighted by molar-refractivity contribution is 6.19. The standard InChI is InChI=1S/C47H27N3O2/c1-2-9-31-27-34(21-18-28(31)8-1)46-48-45(49-47(50-46)38-12-7-15-41-44(38)37-11-4-6-14-40(37)51-41)30-19-16-29(17-20-30)32-22-24-35-33(26-32)23-25-42-43(35)36-10-3-5-13-39(36)52-42/h1-27H. The Morgan fingerprint density at radius 3 is 1.67 bits per heavy atom. The molecule has 0 saturated carbocycles. The molecule has 8 aromatic carbocycles. The number of hydrogen-bond donors (Lipinski definition) is 0. The summed E-state index contributed by atoms with van der Waals surface area (Å²) in [5.41, 5.74) is 8.44. The van der Waals surface area contributed by atoms with E-state index in [9.17, 15) is 0 Å². The monoisotopic (exact) mass is 665 g/mol. The molecule has 0 saturated heterocycles. The third-order valence-electron chi connectivity index (χ3n) is 10.1. The maximum Gasteiger partial charge on any atom is 0.164 e. The van der Waals surface area contributed by atoms with Gasteiger partial charge in [0.2, 0.25) is 0 Å². The van der Waals surface area contributed by atoms with Gasteiger partial charge in [-0.05, 0) is 69.1 Å². The first-order valence-electron chi connectivity index (χ1n) is 17.3. The Labute approximate surface area is 297 Å². The van der Waals surface area contributed by atoms with Gasteiger partial charge in [-0.1, -0.05) is 127 Å². The average molecular weight is 666 g/mol. The number of benzene rings is 8. The molecule has 0 aliphatic carbocycles. The topological polar surface area (TPSA) is 65.0 Å². The molecule has 3 heterocycles. The second-order valence-corrected chi connectivity index (χ2v) is 13.2. The molecule has 0 radical (unpaired) electrons. The molecule has 0 unspecified atom stereocenters. The van der Waals surface area contributed by atoms with Crippen LogP contribution >= 0.6 is 0 Å². The van der Waals surface area contributed by atoms with Crippen LogP contribution in [0.2, 0.25) is 0 Å². The van der Waals surface area contributed by atoms with Crippen molar-refractivity contribution in [1.82, 2.24) is 15.0 Å². The Hall–Kier alpha value is -7.11. The molecule has 0 spiro atoms. The molecule has 11 aromatic rings. The van der Waals surface area contributed by atoms with E-state index in [4.69, 9.17) is 23.8 Å². The molecular formula is C47H27N3O2. The zero-order valence-electron chi connectivity index (χ0n) is 27.7. The van der Waals surface area contributed by atoms with Crippen LogP contribution in [0.1, 0.15) is 0 Å². The van der Waals surface area contributed by atoms with Crippen LogP contribution in [0.25, 0.3) is 111 Å². The third kappa shape index (κ3) is 4.53. The van der Waals surface area contributed by atoms with Crippen molar-refractivity contribution in [2.24, 2.45) is 0 Å². The second-order valence-electron chi connectivity index (χ2n) is 13.2. The summed E-state index contributed by atoms with van der Waals surface area (Å²) in [5.74, 6) is 1.83. The van der Waals surface area contributed by atoms with E-state index in [0.29, 0.717) is 17.5 Å². The molecule has 5 nitrogen and oxygen atoms in total. The van der Waals surface area contributed by atoms with Gasteiger partial charge in [-0.3, -0.25) is 0 Å². The smallest absolute Gasteiger partial charge is 0.164 e. The van der Waals surface area contributed by atoms with Crippen LogP contribution in [0, 0.1) is 0 Å². The largest absolute Gasteiger partial charge is 0.456 e. The van der Waals surface area contributed by atoms with Gasteiger partial charge in [-0.25, -0.2) is 15.0 Å². The van der Waals surface area contributed by atoms with Gasteiger partial charge >= 0.3 is 0 Å². The van der Waals surface area contributed by atoms with E-state index in [1.807, 2.05) is 42.5 Å². The molecule has 5 heteroatoms. The van der Waals surface area contributed by atoms with Crippen LogP contribution in [0.15, 0.2) is 173 Å². The molecular weight excluding hydrogens is 639 g/mol. The van der Waals surface area contributed by atoms with Gasteiger partial charge in [0.15, 0.2) is 17.5 Å².